The van der Waals surface area contributed by atoms with Gasteiger partial charge >= 0.3 is 0 Å². The molecule has 18 heavy (non-hydrogen) atoms. The first-order valence-electron chi connectivity index (χ1n) is 5.26. The van der Waals surface area contributed by atoms with Gasteiger partial charge < -0.3 is 15.8 Å². The molecule has 0 unspecified atom stereocenters. The number of anilines is 3. The summed E-state index contributed by atoms with van der Waals surface area (Å²) in [4.78, 5) is 0. The molecule has 3 N–H and O–H groups in total. The van der Waals surface area contributed by atoms with E-state index in [0.29, 0.717) is 16.5 Å². The fourth-order valence-electron chi connectivity index (χ4n) is 1.54. The first-order valence-corrected chi connectivity index (χ1v) is 6.43. The van der Waals surface area contributed by atoms with E-state index in [4.69, 9.17) is 22.1 Å². The van der Waals surface area contributed by atoms with Gasteiger partial charge in [0.1, 0.15) is 5.75 Å². The average molecular weight is 328 g/mol. The monoisotopic (exact) mass is 326 g/mol. The van der Waals surface area contributed by atoms with Crippen molar-refractivity contribution < 1.29 is 4.74 Å². The molecule has 2 rings (SSSR count). The maximum atomic E-state index is 5.89. The molecule has 94 valence electrons. The number of benzene rings is 2. The Bertz CT molecular complexity index is 575. The normalized spacial score (nSPS) is 10.2. The second-order valence-electron chi connectivity index (χ2n) is 3.71. The maximum Gasteiger partial charge on any atom is 0.143 e. The van der Waals surface area contributed by atoms with Crippen LogP contribution in [-0.2, 0) is 0 Å². The Balaban J connectivity index is 2.28. The van der Waals surface area contributed by atoms with Crippen LogP contribution in [0.1, 0.15) is 0 Å². The van der Waals surface area contributed by atoms with Gasteiger partial charge in [0.05, 0.1) is 18.5 Å². The lowest BCUT2D eigenvalue weighted by Gasteiger charge is -2.11. The van der Waals surface area contributed by atoms with Crippen molar-refractivity contribution >= 4 is 44.6 Å². The van der Waals surface area contributed by atoms with Crippen LogP contribution >= 0.6 is 27.5 Å². The standard InChI is InChI=1S/C13H12BrClN2O/c1-18-13-7-9(3-4-11(13)16)17-12-5-2-8(15)6-10(12)14/h2-7,17H,16H2,1H3. The van der Waals surface area contributed by atoms with Gasteiger partial charge in [0.2, 0.25) is 0 Å². The predicted octanol–water partition coefficient (Wildman–Crippen LogP) is 4.44. The third-order valence-corrected chi connectivity index (χ3v) is 3.33. The van der Waals surface area contributed by atoms with Crippen LogP contribution in [0, 0.1) is 0 Å². The van der Waals surface area contributed by atoms with Crippen LogP contribution in [0.5, 0.6) is 5.75 Å². The van der Waals surface area contributed by atoms with E-state index in [1.807, 2.05) is 30.3 Å². The molecule has 0 atom stereocenters. The number of nitrogen functional groups attached to an aromatic ring is 1. The van der Waals surface area contributed by atoms with Crippen LogP contribution in [0.4, 0.5) is 17.1 Å². The zero-order valence-electron chi connectivity index (χ0n) is 9.71. The summed E-state index contributed by atoms with van der Waals surface area (Å²) in [5.74, 6) is 0.644. The highest BCUT2D eigenvalue weighted by molar-refractivity contribution is 9.10. The largest absolute Gasteiger partial charge is 0.495 e. The van der Waals surface area contributed by atoms with Crippen molar-refractivity contribution in [1.82, 2.24) is 0 Å². The van der Waals surface area contributed by atoms with E-state index < -0.39 is 0 Å². The number of rotatable bonds is 3. The Kier molecular flexibility index (Phi) is 3.99. The van der Waals surface area contributed by atoms with E-state index in [2.05, 4.69) is 21.2 Å². The molecule has 0 heterocycles. The fourth-order valence-corrected chi connectivity index (χ4v) is 2.32. The molecule has 0 aliphatic carbocycles. The first-order chi connectivity index (χ1) is 8.60. The Labute approximate surface area is 119 Å². The van der Waals surface area contributed by atoms with Crippen LogP contribution in [0.3, 0.4) is 0 Å². The molecule has 0 spiro atoms. The average Bonchev–Trinajstić information content (AvgIpc) is 2.35. The SMILES string of the molecule is COc1cc(Nc2ccc(Cl)cc2Br)ccc1N. The zero-order valence-corrected chi connectivity index (χ0v) is 12.0. The van der Waals surface area contributed by atoms with E-state index in [-0.39, 0.29) is 0 Å². The van der Waals surface area contributed by atoms with Crippen molar-refractivity contribution in [3.05, 3.63) is 45.9 Å². The molecule has 5 heteroatoms. The summed E-state index contributed by atoms with van der Waals surface area (Å²) in [6.07, 6.45) is 0. The van der Waals surface area contributed by atoms with Crippen molar-refractivity contribution in [3.63, 3.8) is 0 Å². The van der Waals surface area contributed by atoms with E-state index in [1.54, 1.807) is 13.2 Å². The lowest BCUT2D eigenvalue weighted by Crippen LogP contribution is -1.95. The molecule has 0 aliphatic heterocycles. The molecular weight excluding hydrogens is 316 g/mol. The van der Waals surface area contributed by atoms with Gasteiger partial charge in [0.25, 0.3) is 0 Å². The zero-order chi connectivity index (χ0) is 13.1. The Morgan fingerprint density at radius 1 is 1.22 bits per heavy atom. The molecule has 0 bridgehead atoms. The number of halogens is 2. The summed E-state index contributed by atoms with van der Waals surface area (Å²) in [6, 6.07) is 11.1. The van der Waals surface area contributed by atoms with Crippen molar-refractivity contribution in [2.24, 2.45) is 0 Å². The highest BCUT2D eigenvalue weighted by Crippen LogP contribution is 2.31. The lowest BCUT2D eigenvalue weighted by atomic mass is 10.2. The number of nitrogens with one attached hydrogen (secondary N) is 1. The topological polar surface area (TPSA) is 47.3 Å². The second-order valence-corrected chi connectivity index (χ2v) is 5.00. The molecule has 2 aromatic carbocycles. The number of methoxy groups -OCH3 is 1. The van der Waals surface area contributed by atoms with Crippen LogP contribution in [-0.4, -0.2) is 7.11 Å². The molecule has 2 aromatic rings. The number of ether oxygens (including phenoxy) is 1. The molecule has 0 aromatic heterocycles. The Morgan fingerprint density at radius 3 is 2.67 bits per heavy atom. The Morgan fingerprint density at radius 2 is 2.00 bits per heavy atom. The smallest absolute Gasteiger partial charge is 0.143 e. The van der Waals surface area contributed by atoms with Crippen LogP contribution in [0.25, 0.3) is 0 Å². The summed E-state index contributed by atoms with van der Waals surface area (Å²) in [6.45, 7) is 0. The van der Waals surface area contributed by atoms with Gasteiger partial charge in [-0.3, -0.25) is 0 Å². The first kappa shape index (κ1) is 13.1. The van der Waals surface area contributed by atoms with Crippen molar-refractivity contribution in [1.29, 1.82) is 0 Å². The molecular formula is C13H12BrClN2O. The molecule has 0 amide bonds. The predicted molar refractivity (Wildman–Crippen MR) is 79.8 cm³/mol. The lowest BCUT2D eigenvalue weighted by molar-refractivity contribution is 0.417. The Hall–Kier alpha value is -1.39. The second kappa shape index (κ2) is 5.50. The third kappa shape index (κ3) is 2.89. The maximum absolute atomic E-state index is 5.89. The van der Waals surface area contributed by atoms with Crippen molar-refractivity contribution in [2.45, 2.75) is 0 Å². The van der Waals surface area contributed by atoms with E-state index in [0.717, 1.165) is 15.8 Å². The summed E-state index contributed by atoms with van der Waals surface area (Å²) in [7, 11) is 1.59. The number of hydrogen-bond acceptors (Lipinski definition) is 3. The third-order valence-electron chi connectivity index (χ3n) is 2.44. The number of nitrogens with two attached hydrogens (primary N) is 1. The summed E-state index contributed by atoms with van der Waals surface area (Å²) >= 11 is 9.35. The van der Waals surface area contributed by atoms with Crippen LogP contribution in [0.2, 0.25) is 5.02 Å². The van der Waals surface area contributed by atoms with Gasteiger partial charge in [-0.2, -0.15) is 0 Å². The van der Waals surface area contributed by atoms with Gasteiger partial charge in [0, 0.05) is 21.2 Å². The van der Waals surface area contributed by atoms with Crippen molar-refractivity contribution in [3.8, 4) is 5.75 Å². The summed E-state index contributed by atoms with van der Waals surface area (Å²) in [5.41, 5.74) is 8.19. The molecule has 3 nitrogen and oxygen atoms in total. The molecule has 0 aliphatic rings. The molecule has 0 saturated heterocycles. The van der Waals surface area contributed by atoms with Crippen LogP contribution in [0.15, 0.2) is 40.9 Å². The van der Waals surface area contributed by atoms with Gasteiger partial charge in [0.15, 0.2) is 0 Å². The highest BCUT2D eigenvalue weighted by atomic mass is 79.9. The van der Waals surface area contributed by atoms with Gasteiger partial charge in [-0.1, -0.05) is 11.6 Å². The minimum atomic E-state index is 0.609. The quantitative estimate of drug-likeness (QED) is 0.819. The number of hydrogen-bond donors (Lipinski definition) is 2. The van der Waals surface area contributed by atoms with Gasteiger partial charge in [-0.15, -0.1) is 0 Å². The molecule has 0 radical (unpaired) electrons. The summed E-state index contributed by atoms with van der Waals surface area (Å²) < 4.78 is 6.07. The van der Waals surface area contributed by atoms with Gasteiger partial charge in [-0.25, -0.2) is 0 Å². The summed E-state index contributed by atoms with van der Waals surface area (Å²) in [5, 5.41) is 3.94. The van der Waals surface area contributed by atoms with Crippen LogP contribution < -0.4 is 15.8 Å². The van der Waals surface area contributed by atoms with E-state index in [9.17, 15) is 0 Å². The van der Waals surface area contributed by atoms with E-state index in [1.165, 1.54) is 0 Å². The highest BCUT2D eigenvalue weighted by Gasteiger charge is 2.04. The minimum absolute atomic E-state index is 0.609. The van der Waals surface area contributed by atoms with Crippen molar-refractivity contribution in [2.75, 3.05) is 18.2 Å². The minimum Gasteiger partial charge on any atom is -0.495 e. The fraction of sp³-hybridized carbons (Fsp3) is 0.0769. The molecule has 0 fully saturated rings. The van der Waals surface area contributed by atoms with Gasteiger partial charge in [-0.05, 0) is 46.3 Å². The molecule has 0 saturated carbocycles. The van der Waals surface area contributed by atoms with E-state index >= 15 is 0 Å².